The molecule has 0 amide bonds. The van der Waals surface area contributed by atoms with Crippen molar-refractivity contribution in [2.45, 2.75) is 27.2 Å². The smallest absolute Gasteiger partial charge is 0.191 e. The van der Waals surface area contributed by atoms with Crippen LogP contribution in [-0.2, 0) is 0 Å². The summed E-state index contributed by atoms with van der Waals surface area (Å²) >= 11 is 0. The fourth-order valence-corrected chi connectivity index (χ4v) is 3.05. The van der Waals surface area contributed by atoms with Crippen molar-refractivity contribution in [1.82, 2.24) is 15.5 Å². The highest BCUT2D eigenvalue weighted by Crippen LogP contribution is 2.17. The molecule has 0 aromatic heterocycles. The molecule has 1 aromatic carbocycles. The van der Waals surface area contributed by atoms with Gasteiger partial charge in [0.1, 0.15) is 0 Å². The Bertz CT molecular complexity index is 504. The van der Waals surface area contributed by atoms with Gasteiger partial charge in [0.25, 0.3) is 0 Å². The molecule has 25 heavy (non-hydrogen) atoms. The molecule has 1 saturated heterocycles. The lowest BCUT2D eigenvalue weighted by Crippen LogP contribution is -2.46. The fourth-order valence-electron chi connectivity index (χ4n) is 3.05. The zero-order valence-corrected chi connectivity index (χ0v) is 18.3. The van der Waals surface area contributed by atoms with Gasteiger partial charge in [-0.15, -0.1) is 24.0 Å². The molecule has 1 aromatic rings. The van der Waals surface area contributed by atoms with Gasteiger partial charge in [-0.25, -0.2) is 0 Å². The van der Waals surface area contributed by atoms with Gasteiger partial charge in [-0.1, -0.05) is 12.1 Å². The number of benzene rings is 1. The second-order valence-electron chi connectivity index (χ2n) is 6.31. The number of nitrogens with one attached hydrogen (secondary N) is 2. The molecule has 0 unspecified atom stereocenters. The minimum atomic E-state index is 0. The summed E-state index contributed by atoms with van der Waals surface area (Å²) in [5.74, 6) is 0.935. The van der Waals surface area contributed by atoms with E-state index in [0.29, 0.717) is 0 Å². The molecule has 0 atom stereocenters. The molecule has 0 saturated carbocycles. The Labute approximate surface area is 170 Å². The van der Waals surface area contributed by atoms with Crippen molar-refractivity contribution >= 4 is 35.6 Å². The maximum Gasteiger partial charge on any atom is 0.191 e. The van der Waals surface area contributed by atoms with E-state index in [2.05, 4.69) is 70.5 Å². The van der Waals surface area contributed by atoms with E-state index in [4.69, 9.17) is 0 Å². The highest BCUT2D eigenvalue weighted by Gasteiger charge is 2.16. The van der Waals surface area contributed by atoms with Gasteiger partial charge >= 0.3 is 0 Å². The standard InChI is InChI=1S/C19H33N5.HI/c1-4-20-19(21-5-2)22-10-7-11-23-12-14-24(15-13-23)18-9-6-8-17(3)16-18;/h6,8-9,16H,4-5,7,10-15H2,1-3H3,(H2,20,21,22);1H. The van der Waals surface area contributed by atoms with Gasteiger partial charge in [0.2, 0.25) is 0 Å². The minimum absolute atomic E-state index is 0. The lowest BCUT2D eigenvalue weighted by molar-refractivity contribution is 0.256. The molecule has 0 bridgehead atoms. The second-order valence-corrected chi connectivity index (χ2v) is 6.31. The first-order valence-corrected chi connectivity index (χ1v) is 9.29. The third-order valence-corrected chi connectivity index (χ3v) is 4.33. The summed E-state index contributed by atoms with van der Waals surface area (Å²) in [4.78, 5) is 9.67. The van der Waals surface area contributed by atoms with Crippen molar-refractivity contribution in [3.63, 3.8) is 0 Å². The van der Waals surface area contributed by atoms with E-state index in [1.165, 1.54) is 11.3 Å². The lowest BCUT2D eigenvalue weighted by atomic mass is 10.2. The Morgan fingerprint density at radius 3 is 2.36 bits per heavy atom. The Hall–Kier alpha value is -1.02. The van der Waals surface area contributed by atoms with Gasteiger partial charge in [-0.2, -0.15) is 0 Å². The number of hydrogen-bond acceptors (Lipinski definition) is 3. The van der Waals surface area contributed by atoms with E-state index >= 15 is 0 Å². The lowest BCUT2D eigenvalue weighted by Gasteiger charge is -2.36. The predicted molar refractivity (Wildman–Crippen MR) is 120 cm³/mol. The Balaban J connectivity index is 0.00000312. The van der Waals surface area contributed by atoms with Crippen LogP contribution in [0.4, 0.5) is 5.69 Å². The molecule has 0 aliphatic carbocycles. The van der Waals surface area contributed by atoms with Gasteiger partial charge in [0, 0.05) is 58.0 Å². The number of guanidine groups is 1. The fraction of sp³-hybridized carbons (Fsp3) is 0.632. The van der Waals surface area contributed by atoms with Crippen LogP contribution in [0.15, 0.2) is 29.3 Å². The molecule has 6 heteroatoms. The maximum absolute atomic E-state index is 4.62. The first kappa shape index (κ1) is 22.0. The predicted octanol–water partition coefficient (Wildman–Crippen LogP) is 2.70. The quantitative estimate of drug-likeness (QED) is 0.285. The number of hydrogen-bond donors (Lipinski definition) is 2. The highest BCUT2D eigenvalue weighted by molar-refractivity contribution is 14.0. The molecule has 5 nitrogen and oxygen atoms in total. The van der Waals surface area contributed by atoms with Crippen molar-refractivity contribution in [1.29, 1.82) is 0 Å². The first-order chi connectivity index (χ1) is 11.7. The maximum atomic E-state index is 4.62. The molecule has 1 aliphatic heterocycles. The molecule has 2 N–H and O–H groups in total. The topological polar surface area (TPSA) is 42.9 Å². The molecule has 1 heterocycles. The Morgan fingerprint density at radius 2 is 1.76 bits per heavy atom. The average Bonchev–Trinajstić information content (AvgIpc) is 2.59. The van der Waals surface area contributed by atoms with Crippen LogP contribution in [0.1, 0.15) is 25.8 Å². The van der Waals surface area contributed by atoms with Crippen molar-refractivity contribution in [2.75, 3.05) is 57.3 Å². The van der Waals surface area contributed by atoms with Crippen LogP contribution in [0.25, 0.3) is 0 Å². The van der Waals surface area contributed by atoms with Crippen molar-refractivity contribution in [3.8, 4) is 0 Å². The second kappa shape index (κ2) is 12.4. The third-order valence-electron chi connectivity index (χ3n) is 4.33. The van der Waals surface area contributed by atoms with Crippen molar-refractivity contribution in [3.05, 3.63) is 29.8 Å². The molecule has 0 radical (unpaired) electrons. The third kappa shape index (κ3) is 7.81. The number of nitrogens with zero attached hydrogens (tertiary/aromatic N) is 3. The molecule has 2 rings (SSSR count). The van der Waals surface area contributed by atoms with E-state index in [9.17, 15) is 0 Å². The summed E-state index contributed by atoms with van der Waals surface area (Å²) in [6.07, 6.45) is 1.12. The monoisotopic (exact) mass is 459 g/mol. The Morgan fingerprint density at radius 1 is 1.08 bits per heavy atom. The summed E-state index contributed by atoms with van der Waals surface area (Å²) in [5.41, 5.74) is 2.70. The van der Waals surface area contributed by atoms with Gasteiger partial charge in [0.05, 0.1) is 0 Å². The number of piperazine rings is 1. The normalized spacial score (nSPS) is 14.6. The number of aliphatic imine (C=N–C) groups is 1. The summed E-state index contributed by atoms with van der Waals surface area (Å²) in [6.45, 7) is 14.7. The van der Waals surface area contributed by atoms with Gasteiger partial charge < -0.3 is 15.5 Å². The first-order valence-electron chi connectivity index (χ1n) is 9.29. The van der Waals surface area contributed by atoms with Crippen LogP contribution in [0, 0.1) is 6.92 Å². The highest BCUT2D eigenvalue weighted by atomic mass is 127. The number of halogens is 1. The molecule has 1 aliphatic rings. The number of rotatable bonds is 7. The molecule has 142 valence electrons. The summed E-state index contributed by atoms with van der Waals surface area (Å²) in [7, 11) is 0. The molecular formula is C19H34IN5. The van der Waals surface area contributed by atoms with Crippen molar-refractivity contribution in [2.24, 2.45) is 4.99 Å². The van der Waals surface area contributed by atoms with Crippen molar-refractivity contribution < 1.29 is 0 Å². The van der Waals surface area contributed by atoms with Crippen LogP contribution >= 0.6 is 24.0 Å². The van der Waals surface area contributed by atoms with Crippen LogP contribution in [0.3, 0.4) is 0 Å². The number of aryl methyl sites for hydroxylation is 1. The summed E-state index contributed by atoms with van der Waals surface area (Å²) in [6, 6.07) is 8.82. The van der Waals surface area contributed by atoms with Gasteiger partial charge in [-0.3, -0.25) is 9.89 Å². The molecular weight excluding hydrogens is 425 g/mol. The van der Waals surface area contributed by atoms with Crippen LogP contribution in [0.5, 0.6) is 0 Å². The summed E-state index contributed by atoms with van der Waals surface area (Å²) < 4.78 is 0. The number of anilines is 1. The molecule has 1 fully saturated rings. The van der Waals surface area contributed by atoms with E-state index in [1.807, 2.05) is 0 Å². The summed E-state index contributed by atoms with van der Waals surface area (Å²) in [5, 5.41) is 6.54. The van der Waals surface area contributed by atoms with E-state index < -0.39 is 0 Å². The largest absolute Gasteiger partial charge is 0.369 e. The van der Waals surface area contributed by atoms with E-state index in [-0.39, 0.29) is 24.0 Å². The van der Waals surface area contributed by atoms with Gasteiger partial charge in [-0.05, 0) is 44.9 Å². The van der Waals surface area contributed by atoms with E-state index in [0.717, 1.165) is 64.7 Å². The van der Waals surface area contributed by atoms with Crippen LogP contribution in [0.2, 0.25) is 0 Å². The van der Waals surface area contributed by atoms with Gasteiger partial charge in [0.15, 0.2) is 5.96 Å². The SMILES string of the molecule is CCNC(=NCCCN1CCN(c2cccc(C)c2)CC1)NCC.I. The van der Waals surface area contributed by atoms with E-state index in [1.54, 1.807) is 0 Å². The van der Waals surface area contributed by atoms with Crippen LogP contribution < -0.4 is 15.5 Å². The molecule has 0 spiro atoms. The van der Waals surface area contributed by atoms with Crippen LogP contribution in [-0.4, -0.2) is 63.2 Å². The Kier molecular flexibility index (Phi) is 10.9. The minimum Gasteiger partial charge on any atom is -0.369 e. The zero-order valence-electron chi connectivity index (χ0n) is 15.9. The average molecular weight is 459 g/mol. The zero-order chi connectivity index (χ0) is 17.2.